The standard InChI is InChI=1S/C21H29N5O7/c1-3-4-9-32-21(29)24-17(20(28)31-2)12-23-18(27)11-15-10-16(26-33-15)13-5-7-14(8-6-13)19(22)25-30/h5-8,15,17,30H,3-4,9-12H2,1-2H3,(H2,22,25)(H,23,27)(H,24,29). The number of nitrogens with zero attached hydrogens (tertiary/aromatic N) is 2. The number of unbranched alkanes of at least 4 members (excludes halogenated alkanes) is 1. The number of amidine groups is 1. The number of methoxy groups -OCH3 is 1. The van der Waals surface area contributed by atoms with Crippen LogP contribution in [0.5, 0.6) is 0 Å². The molecule has 2 atom stereocenters. The van der Waals surface area contributed by atoms with Gasteiger partial charge in [0.2, 0.25) is 5.91 Å². The summed E-state index contributed by atoms with van der Waals surface area (Å²) in [7, 11) is 1.18. The van der Waals surface area contributed by atoms with Gasteiger partial charge in [-0.15, -0.1) is 0 Å². The molecule has 0 aliphatic carbocycles. The Hall–Kier alpha value is -3.83. The predicted octanol–water partition coefficient (Wildman–Crippen LogP) is 0.848. The molecule has 0 bridgehead atoms. The summed E-state index contributed by atoms with van der Waals surface area (Å²) >= 11 is 0. The lowest BCUT2D eigenvalue weighted by molar-refractivity contribution is -0.143. The zero-order valence-electron chi connectivity index (χ0n) is 18.6. The van der Waals surface area contributed by atoms with Crippen molar-refractivity contribution >= 4 is 29.5 Å². The monoisotopic (exact) mass is 463 g/mol. The Labute approximate surface area is 191 Å². The molecular weight excluding hydrogens is 434 g/mol. The number of alkyl carbamates (subject to hydrolysis) is 1. The van der Waals surface area contributed by atoms with E-state index < -0.39 is 24.2 Å². The minimum atomic E-state index is -1.09. The Morgan fingerprint density at radius 2 is 2.06 bits per heavy atom. The number of hydrogen-bond acceptors (Lipinski definition) is 9. The van der Waals surface area contributed by atoms with Crippen molar-refractivity contribution in [3.8, 4) is 0 Å². The minimum absolute atomic E-state index is 0.00401. The van der Waals surface area contributed by atoms with Crippen molar-refractivity contribution in [3.05, 3.63) is 35.4 Å². The van der Waals surface area contributed by atoms with E-state index in [1.807, 2.05) is 6.92 Å². The smallest absolute Gasteiger partial charge is 0.407 e. The maximum absolute atomic E-state index is 12.3. The van der Waals surface area contributed by atoms with Gasteiger partial charge < -0.3 is 35.9 Å². The summed E-state index contributed by atoms with van der Waals surface area (Å²) in [5.41, 5.74) is 7.54. The van der Waals surface area contributed by atoms with Crippen LogP contribution >= 0.6 is 0 Å². The summed E-state index contributed by atoms with van der Waals surface area (Å²) in [5, 5.41) is 20.7. The van der Waals surface area contributed by atoms with E-state index in [4.69, 9.17) is 20.5 Å². The number of esters is 1. The van der Waals surface area contributed by atoms with E-state index in [1.165, 1.54) is 7.11 Å². The van der Waals surface area contributed by atoms with Gasteiger partial charge in [-0.25, -0.2) is 9.59 Å². The van der Waals surface area contributed by atoms with Gasteiger partial charge in [0.05, 0.1) is 25.8 Å². The first-order chi connectivity index (χ1) is 15.9. The average molecular weight is 463 g/mol. The van der Waals surface area contributed by atoms with Crippen LogP contribution in [0.2, 0.25) is 0 Å². The molecule has 12 nitrogen and oxygen atoms in total. The van der Waals surface area contributed by atoms with Crippen molar-refractivity contribution in [2.45, 2.75) is 44.8 Å². The maximum atomic E-state index is 12.3. The molecule has 0 saturated heterocycles. The fourth-order valence-electron chi connectivity index (χ4n) is 2.92. The highest BCUT2D eigenvalue weighted by Gasteiger charge is 2.27. The second-order valence-corrected chi connectivity index (χ2v) is 7.25. The molecule has 12 heteroatoms. The number of amides is 2. The summed E-state index contributed by atoms with van der Waals surface area (Å²) in [4.78, 5) is 41.4. The molecule has 5 N–H and O–H groups in total. The molecule has 0 saturated carbocycles. The molecule has 1 aliphatic heterocycles. The highest BCUT2D eigenvalue weighted by atomic mass is 16.6. The maximum Gasteiger partial charge on any atom is 0.407 e. The van der Waals surface area contributed by atoms with Gasteiger partial charge in [-0.05, 0) is 12.0 Å². The van der Waals surface area contributed by atoms with Crippen molar-refractivity contribution in [1.29, 1.82) is 0 Å². The van der Waals surface area contributed by atoms with E-state index in [1.54, 1.807) is 24.3 Å². The van der Waals surface area contributed by atoms with Crippen LogP contribution in [-0.2, 0) is 23.9 Å². The summed E-state index contributed by atoms with van der Waals surface area (Å²) < 4.78 is 9.64. The minimum Gasteiger partial charge on any atom is -0.467 e. The normalized spacial score (nSPS) is 16.2. The number of hydrogen-bond donors (Lipinski definition) is 4. The van der Waals surface area contributed by atoms with Crippen LogP contribution in [0.15, 0.2) is 34.6 Å². The third-order valence-electron chi connectivity index (χ3n) is 4.78. The first-order valence-electron chi connectivity index (χ1n) is 10.5. The van der Waals surface area contributed by atoms with Crippen LogP contribution in [0, 0.1) is 0 Å². The molecule has 1 aromatic rings. The first kappa shape index (κ1) is 25.4. The molecular formula is C21H29N5O7. The van der Waals surface area contributed by atoms with Gasteiger partial charge >= 0.3 is 12.1 Å². The highest BCUT2D eigenvalue weighted by molar-refractivity contribution is 6.03. The highest BCUT2D eigenvalue weighted by Crippen LogP contribution is 2.19. The van der Waals surface area contributed by atoms with E-state index in [9.17, 15) is 14.4 Å². The number of nitrogens with one attached hydrogen (secondary N) is 2. The molecule has 2 unspecified atom stereocenters. The Morgan fingerprint density at radius 3 is 2.70 bits per heavy atom. The Kier molecular flexibility index (Phi) is 9.93. The number of ether oxygens (including phenoxy) is 2. The van der Waals surface area contributed by atoms with Gasteiger partial charge in [0.15, 0.2) is 5.84 Å². The van der Waals surface area contributed by atoms with Gasteiger partial charge in [0.1, 0.15) is 12.1 Å². The molecule has 2 amide bonds. The summed E-state index contributed by atoms with van der Waals surface area (Å²) in [6, 6.07) is 5.78. The second kappa shape index (κ2) is 12.9. The van der Waals surface area contributed by atoms with E-state index in [0.29, 0.717) is 24.1 Å². The van der Waals surface area contributed by atoms with Crippen LogP contribution in [-0.4, -0.2) is 67.1 Å². The first-order valence-corrected chi connectivity index (χ1v) is 10.5. The third kappa shape index (κ3) is 7.98. The van der Waals surface area contributed by atoms with Crippen molar-refractivity contribution < 1.29 is 33.9 Å². The Morgan fingerprint density at radius 1 is 1.33 bits per heavy atom. The summed E-state index contributed by atoms with van der Waals surface area (Å²) in [6.45, 7) is 2.02. The lowest BCUT2D eigenvalue weighted by Gasteiger charge is -2.17. The van der Waals surface area contributed by atoms with E-state index in [-0.39, 0.29) is 31.3 Å². The molecule has 1 aliphatic rings. The molecule has 33 heavy (non-hydrogen) atoms. The molecule has 0 spiro atoms. The van der Waals surface area contributed by atoms with Crippen LogP contribution in [0.3, 0.4) is 0 Å². The molecule has 0 radical (unpaired) electrons. The van der Waals surface area contributed by atoms with Gasteiger partial charge in [-0.3, -0.25) is 4.79 Å². The zero-order valence-corrected chi connectivity index (χ0v) is 18.6. The lowest BCUT2D eigenvalue weighted by Crippen LogP contribution is -2.49. The number of carbonyl (C=O) groups excluding carboxylic acids is 3. The molecule has 0 fully saturated rings. The summed E-state index contributed by atoms with van der Waals surface area (Å²) in [6.07, 6.45) is 0.725. The van der Waals surface area contributed by atoms with Crippen LogP contribution < -0.4 is 16.4 Å². The second-order valence-electron chi connectivity index (χ2n) is 7.25. The number of carbonyl (C=O) groups is 3. The van der Waals surface area contributed by atoms with Gasteiger partial charge in [0, 0.05) is 18.5 Å². The molecule has 2 rings (SSSR count). The molecule has 1 aromatic carbocycles. The van der Waals surface area contributed by atoms with E-state index >= 15 is 0 Å². The largest absolute Gasteiger partial charge is 0.467 e. The van der Waals surface area contributed by atoms with Crippen LogP contribution in [0.25, 0.3) is 0 Å². The number of nitrogens with two attached hydrogens (primary N) is 1. The van der Waals surface area contributed by atoms with Crippen molar-refractivity contribution in [1.82, 2.24) is 10.6 Å². The molecule has 0 aromatic heterocycles. The van der Waals surface area contributed by atoms with Crippen molar-refractivity contribution in [3.63, 3.8) is 0 Å². The van der Waals surface area contributed by atoms with Gasteiger partial charge in [-0.1, -0.05) is 47.9 Å². The number of oxime groups is 2. The Balaban J connectivity index is 1.81. The molecule has 1 heterocycles. The average Bonchev–Trinajstić information content (AvgIpc) is 3.29. The topological polar surface area (TPSA) is 174 Å². The van der Waals surface area contributed by atoms with Gasteiger partial charge in [-0.2, -0.15) is 0 Å². The summed E-state index contributed by atoms with van der Waals surface area (Å²) in [5.74, 6) is -1.09. The van der Waals surface area contributed by atoms with Crippen LogP contribution in [0.1, 0.15) is 43.7 Å². The number of benzene rings is 1. The van der Waals surface area contributed by atoms with E-state index in [0.717, 1.165) is 12.0 Å². The molecule has 180 valence electrons. The van der Waals surface area contributed by atoms with E-state index in [2.05, 4.69) is 25.7 Å². The van der Waals surface area contributed by atoms with Gasteiger partial charge in [0.25, 0.3) is 0 Å². The van der Waals surface area contributed by atoms with Crippen LogP contribution in [0.4, 0.5) is 4.79 Å². The third-order valence-corrected chi connectivity index (χ3v) is 4.78. The fraction of sp³-hybridized carbons (Fsp3) is 0.476. The Bertz CT molecular complexity index is 885. The quantitative estimate of drug-likeness (QED) is 0.0933. The fourth-order valence-corrected chi connectivity index (χ4v) is 2.92. The zero-order chi connectivity index (χ0) is 24.2. The van der Waals surface area contributed by atoms with Crippen molar-refractivity contribution in [2.75, 3.05) is 20.3 Å². The SMILES string of the molecule is CCCCOC(=O)NC(CNC(=O)CC1CC(c2ccc(/C(N)=N/O)cc2)=NO1)C(=O)OC. The lowest BCUT2D eigenvalue weighted by atomic mass is 10.0. The van der Waals surface area contributed by atoms with Crippen molar-refractivity contribution in [2.24, 2.45) is 16.0 Å². The predicted molar refractivity (Wildman–Crippen MR) is 118 cm³/mol. The number of rotatable bonds is 11.